The molecule has 2 N–H and O–H groups in total. The Bertz CT molecular complexity index is 749. The van der Waals surface area contributed by atoms with E-state index in [0.717, 1.165) is 16.6 Å². The minimum atomic E-state index is -0.299. The fourth-order valence-corrected chi connectivity index (χ4v) is 2.89. The number of rotatable bonds is 3. The lowest BCUT2D eigenvalue weighted by atomic mass is 10.2. The summed E-state index contributed by atoms with van der Waals surface area (Å²) in [5.74, 6) is -0.299. The maximum Gasteiger partial charge on any atom is 0.147 e. The average Bonchev–Trinajstić information content (AvgIpc) is 2.76. The number of fused-ring (bicyclic) bond motifs is 1. The van der Waals surface area contributed by atoms with Crippen LogP contribution in [0.5, 0.6) is 0 Å². The maximum atomic E-state index is 13.7. The number of nitrogens with one attached hydrogen (secondary N) is 2. The third-order valence-corrected chi connectivity index (χ3v) is 4.21. The van der Waals surface area contributed by atoms with Gasteiger partial charge in [0.1, 0.15) is 5.82 Å². The van der Waals surface area contributed by atoms with E-state index in [2.05, 4.69) is 26.2 Å². The fourth-order valence-electron chi connectivity index (χ4n) is 2.13. The van der Waals surface area contributed by atoms with E-state index in [0.29, 0.717) is 21.7 Å². The first-order valence-electron chi connectivity index (χ1n) is 6.10. The number of anilines is 1. The van der Waals surface area contributed by atoms with Gasteiger partial charge >= 0.3 is 0 Å². The third-order valence-electron chi connectivity index (χ3n) is 3.12. The van der Waals surface area contributed by atoms with Gasteiger partial charge in [-0.15, -0.1) is 0 Å². The minimum Gasteiger partial charge on any atom is -0.376 e. The van der Waals surface area contributed by atoms with Crippen molar-refractivity contribution in [3.8, 4) is 0 Å². The van der Waals surface area contributed by atoms with Crippen LogP contribution in [0.25, 0.3) is 10.9 Å². The van der Waals surface area contributed by atoms with Crippen LogP contribution in [-0.2, 0) is 6.54 Å². The molecule has 3 rings (SSSR count). The van der Waals surface area contributed by atoms with Gasteiger partial charge < -0.3 is 10.3 Å². The molecule has 20 heavy (non-hydrogen) atoms. The number of aromatic nitrogens is 1. The van der Waals surface area contributed by atoms with Gasteiger partial charge in [0.25, 0.3) is 0 Å². The minimum absolute atomic E-state index is 0.299. The molecule has 0 aliphatic carbocycles. The van der Waals surface area contributed by atoms with Crippen LogP contribution in [0, 0.1) is 5.82 Å². The molecule has 0 atom stereocenters. The molecule has 2 aromatic carbocycles. The molecular weight excluding hydrogens is 343 g/mol. The van der Waals surface area contributed by atoms with Gasteiger partial charge in [-0.3, -0.25) is 0 Å². The van der Waals surface area contributed by atoms with Crippen LogP contribution >= 0.6 is 27.5 Å². The predicted octanol–water partition coefficient (Wildman–Crippen LogP) is 5.34. The number of aromatic amines is 1. The van der Waals surface area contributed by atoms with Crippen molar-refractivity contribution in [1.82, 2.24) is 4.98 Å². The van der Waals surface area contributed by atoms with Crippen molar-refractivity contribution in [2.45, 2.75) is 6.54 Å². The van der Waals surface area contributed by atoms with E-state index in [1.165, 1.54) is 6.07 Å². The van der Waals surface area contributed by atoms with Gasteiger partial charge in [-0.05, 0) is 34.1 Å². The van der Waals surface area contributed by atoms with Crippen LogP contribution in [0.4, 0.5) is 10.1 Å². The van der Waals surface area contributed by atoms with E-state index >= 15 is 0 Å². The van der Waals surface area contributed by atoms with E-state index in [9.17, 15) is 4.39 Å². The van der Waals surface area contributed by atoms with E-state index < -0.39 is 0 Å². The smallest absolute Gasteiger partial charge is 0.147 e. The predicted molar refractivity (Wildman–Crippen MR) is 84.7 cm³/mol. The number of hydrogen-bond donors (Lipinski definition) is 2. The van der Waals surface area contributed by atoms with Crippen molar-refractivity contribution in [3.05, 3.63) is 63.5 Å². The fraction of sp³-hybridized carbons (Fsp3) is 0.0667. The summed E-state index contributed by atoms with van der Waals surface area (Å²) in [6, 6.07) is 12.7. The highest BCUT2D eigenvalue weighted by molar-refractivity contribution is 9.10. The first-order valence-corrected chi connectivity index (χ1v) is 7.27. The molecule has 1 heterocycles. The molecule has 0 bridgehead atoms. The first-order chi connectivity index (χ1) is 9.66. The number of benzene rings is 2. The van der Waals surface area contributed by atoms with Crippen molar-refractivity contribution in [3.63, 3.8) is 0 Å². The second-order valence-corrected chi connectivity index (χ2v) is 5.65. The van der Waals surface area contributed by atoms with E-state index in [4.69, 9.17) is 11.6 Å². The zero-order valence-electron chi connectivity index (χ0n) is 10.4. The van der Waals surface area contributed by atoms with E-state index in [1.54, 1.807) is 12.1 Å². The summed E-state index contributed by atoms with van der Waals surface area (Å²) in [6.45, 7) is 0.424. The lowest BCUT2D eigenvalue weighted by molar-refractivity contribution is 0.629. The zero-order valence-corrected chi connectivity index (χ0v) is 12.7. The average molecular weight is 354 g/mol. The molecule has 0 aliphatic rings. The summed E-state index contributed by atoms with van der Waals surface area (Å²) in [7, 11) is 0. The summed E-state index contributed by atoms with van der Waals surface area (Å²) < 4.78 is 14.4. The molecule has 0 spiro atoms. The van der Waals surface area contributed by atoms with Crippen LogP contribution in [0.15, 0.2) is 46.9 Å². The molecule has 0 saturated heterocycles. The lowest BCUT2D eigenvalue weighted by Gasteiger charge is -2.08. The van der Waals surface area contributed by atoms with Crippen LogP contribution in [0.3, 0.4) is 0 Å². The van der Waals surface area contributed by atoms with Gasteiger partial charge in [0, 0.05) is 15.4 Å². The summed E-state index contributed by atoms with van der Waals surface area (Å²) in [5, 5.41) is 4.70. The number of H-pyrrole nitrogens is 1. The second kappa shape index (κ2) is 5.46. The van der Waals surface area contributed by atoms with Crippen molar-refractivity contribution < 1.29 is 4.39 Å². The zero-order chi connectivity index (χ0) is 14.1. The van der Waals surface area contributed by atoms with Gasteiger partial charge in [-0.2, -0.15) is 0 Å². The van der Waals surface area contributed by atoms with Crippen LogP contribution in [-0.4, -0.2) is 4.98 Å². The van der Waals surface area contributed by atoms with E-state index in [-0.39, 0.29) is 5.82 Å². The maximum absolute atomic E-state index is 13.7. The summed E-state index contributed by atoms with van der Waals surface area (Å²) in [6.07, 6.45) is 0. The first kappa shape index (κ1) is 13.5. The topological polar surface area (TPSA) is 27.8 Å². The SMILES string of the molecule is Fc1cccc(Br)c1NCc1[nH]c2ccccc2c1Cl. The van der Waals surface area contributed by atoms with Crippen LogP contribution in [0.1, 0.15) is 5.69 Å². The summed E-state index contributed by atoms with van der Waals surface area (Å²) >= 11 is 9.65. The number of hydrogen-bond acceptors (Lipinski definition) is 1. The van der Waals surface area contributed by atoms with Crippen molar-refractivity contribution in [2.75, 3.05) is 5.32 Å². The van der Waals surface area contributed by atoms with Gasteiger partial charge in [0.15, 0.2) is 0 Å². The second-order valence-electron chi connectivity index (χ2n) is 4.41. The highest BCUT2D eigenvalue weighted by Gasteiger charge is 2.11. The standard InChI is InChI=1S/C15H11BrClFN2/c16-10-5-3-6-11(18)15(10)19-8-13-14(17)9-4-1-2-7-12(9)20-13/h1-7,19-20H,8H2. The van der Waals surface area contributed by atoms with Gasteiger partial charge in [-0.1, -0.05) is 35.9 Å². The Hall–Kier alpha value is -1.52. The Labute approximate surface area is 129 Å². The molecule has 0 radical (unpaired) electrons. The highest BCUT2D eigenvalue weighted by atomic mass is 79.9. The Morgan fingerprint density at radius 2 is 1.95 bits per heavy atom. The molecule has 0 fully saturated rings. The van der Waals surface area contributed by atoms with Gasteiger partial charge in [0.05, 0.1) is 22.9 Å². The molecule has 0 aliphatic heterocycles. The molecule has 5 heteroatoms. The number of halogens is 3. The van der Waals surface area contributed by atoms with Gasteiger partial charge in [0.2, 0.25) is 0 Å². The molecule has 2 nitrogen and oxygen atoms in total. The largest absolute Gasteiger partial charge is 0.376 e. The Kier molecular flexibility index (Phi) is 3.68. The molecule has 0 amide bonds. The normalized spacial score (nSPS) is 10.9. The van der Waals surface area contributed by atoms with Crippen molar-refractivity contribution >= 4 is 44.1 Å². The molecule has 3 aromatic rings. The molecule has 0 saturated carbocycles. The Morgan fingerprint density at radius 3 is 2.70 bits per heavy atom. The quantitative estimate of drug-likeness (QED) is 0.654. The summed E-state index contributed by atoms with van der Waals surface area (Å²) in [5.41, 5.74) is 2.24. The monoisotopic (exact) mass is 352 g/mol. The highest BCUT2D eigenvalue weighted by Crippen LogP contribution is 2.29. The van der Waals surface area contributed by atoms with Crippen molar-refractivity contribution in [2.24, 2.45) is 0 Å². The van der Waals surface area contributed by atoms with Gasteiger partial charge in [-0.25, -0.2) is 4.39 Å². The van der Waals surface area contributed by atoms with E-state index in [1.807, 2.05) is 24.3 Å². The molecule has 1 aromatic heterocycles. The molecule has 102 valence electrons. The number of para-hydroxylation sites is 2. The van der Waals surface area contributed by atoms with Crippen molar-refractivity contribution in [1.29, 1.82) is 0 Å². The van der Waals surface area contributed by atoms with Crippen LogP contribution in [0.2, 0.25) is 5.02 Å². The third kappa shape index (κ3) is 2.41. The summed E-state index contributed by atoms with van der Waals surface area (Å²) in [4.78, 5) is 3.24. The Balaban J connectivity index is 1.89. The molecule has 0 unspecified atom stereocenters. The Morgan fingerprint density at radius 1 is 1.15 bits per heavy atom. The molecular formula is C15H11BrClFN2. The van der Waals surface area contributed by atoms with Crippen LogP contribution < -0.4 is 5.32 Å². The lowest BCUT2D eigenvalue weighted by Crippen LogP contribution is -2.02.